The van der Waals surface area contributed by atoms with Gasteiger partial charge in [0.2, 0.25) is 11.9 Å². The van der Waals surface area contributed by atoms with Crippen molar-refractivity contribution in [2.24, 2.45) is 0 Å². The Morgan fingerprint density at radius 1 is 1.26 bits per heavy atom. The van der Waals surface area contributed by atoms with E-state index in [-0.39, 0.29) is 12.0 Å². The van der Waals surface area contributed by atoms with Crippen LogP contribution in [0.5, 0.6) is 6.01 Å². The molecule has 1 aromatic heterocycles. The van der Waals surface area contributed by atoms with Gasteiger partial charge in [0.15, 0.2) is 0 Å². The van der Waals surface area contributed by atoms with E-state index in [9.17, 15) is 0 Å². The summed E-state index contributed by atoms with van der Waals surface area (Å²) < 4.78 is 5.18. The predicted molar refractivity (Wildman–Crippen MR) is 69.8 cm³/mol. The second-order valence-electron chi connectivity index (χ2n) is 3.55. The molecule has 0 unspecified atom stereocenters. The average Bonchev–Trinajstić information content (AvgIpc) is 2.39. The van der Waals surface area contributed by atoms with Crippen molar-refractivity contribution < 1.29 is 4.74 Å². The highest BCUT2D eigenvalue weighted by molar-refractivity contribution is 5.55. The van der Waals surface area contributed by atoms with Crippen LogP contribution in [0.2, 0.25) is 0 Å². The fourth-order valence-electron chi connectivity index (χ4n) is 1.38. The summed E-state index contributed by atoms with van der Waals surface area (Å²) >= 11 is 0. The molecule has 7 heteroatoms. The number of nitrogen functional groups attached to an aromatic ring is 1. The first kappa shape index (κ1) is 12.6. The first-order valence-corrected chi connectivity index (χ1v) is 5.63. The number of nitriles is 1. The molecule has 96 valence electrons. The summed E-state index contributed by atoms with van der Waals surface area (Å²) in [6, 6.07) is 9.10. The van der Waals surface area contributed by atoms with E-state index in [2.05, 4.69) is 20.3 Å². The lowest BCUT2D eigenvalue weighted by atomic mass is 10.2. The van der Waals surface area contributed by atoms with Crippen molar-refractivity contribution in [3.8, 4) is 12.1 Å². The largest absolute Gasteiger partial charge is 0.464 e. The summed E-state index contributed by atoms with van der Waals surface area (Å²) in [7, 11) is 0. The molecular formula is C12H12N6O. The van der Waals surface area contributed by atoms with Gasteiger partial charge in [0.1, 0.15) is 0 Å². The Labute approximate surface area is 110 Å². The molecule has 0 saturated carbocycles. The number of hydrogen-bond donors (Lipinski definition) is 2. The van der Waals surface area contributed by atoms with Gasteiger partial charge in [-0.2, -0.15) is 20.2 Å². The Morgan fingerprint density at radius 3 is 2.63 bits per heavy atom. The molecule has 7 nitrogen and oxygen atoms in total. The van der Waals surface area contributed by atoms with Crippen molar-refractivity contribution in [3.63, 3.8) is 0 Å². The summed E-state index contributed by atoms with van der Waals surface area (Å²) in [5, 5.41) is 11.7. The number of rotatable bonds is 4. The molecule has 0 amide bonds. The first-order valence-electron chi connectivity index (χ1n) is 5.63. The number of nitrogens with two attached hydrogens (primary N) is 1. The van der Waals surface area contributed by atoms with Gasteiger partial charge in [-0.1, -0.05) is 0 Å². The summed E-state index contributed by atoms with van der Waals surface area (Å²) in [6.45, 7) is 2.27. The molecule has 3 N–H and O–H groups in total. The predicted octanol–water partition coefficient (Wildman–Crippen LogP) is 1.47. The molecule has 0 atom stereocenters. The molecule has 0 bridgehead atoms. The Morgan fingerprint density at radius 2 is 2.00 bits per heavy atom. The summed E-state index contributed by atoms with van der Waals surface area (Å²) in [6.07, 6.45) is 0. The Hall–Kier alpha value is -2.88. The molecule has 2 aromatic rings. The second kappa shape index (κ2) is 5.64. The van der Waals surface area contributed by atoms with Gasteiger partial charge in [-0.15, -0.1) is 0 Å². The van der Waals surface area contributed by atoms with Crippen LogP contribution in [0.25, 0.3) is 0 Å². The molecule has 0 radical (unpaired) electrons. The number of hydrogen-bond acceptors (Lipinski definition) is 7. The van der Waals surface area contributed by atoms with Gasteiger partial charge >= 0.3 is 6.01 Å². The number of nitrogens with zero attached hydrogens (tertiary/aromatic N) is 4. The van der Waals surface area contributed by atoms with Crippen molar-refractivity contribution in [3.05, 3.63) is 29.8 Å². The van der Waals surface area contributed by atoms with Crippen LogP contribution in [-0.4, -0.2) is 21.6 Å². The highest BCUT2D eigenvalue weighted by Crippen LogP contribution is 2.16. The van der Waals surface area contributed by atoms with E-state index in [1.165, 1.54) is 0 Å². The van der Waals surface area contributed by atoms with E-state index >= 15 is 0 Å². The van der Waals surface area contributed by atoms with E-state index < -0.39 is 0 Å². The highest BCUT2D eigenvalue weighted by Gasteiger charge is 2.05. The molecule has 1 heterocycles. The van der Waals surface area contributed by atoms with Crippen LogP contribution >= 0.6 is 0 Å². The Balaban J connectivity index is 2.20. The molecule has 0 aliphatic rings. The quantitative estimate of drug-likeness (QED) is 0.852. The summed E-state index contributed by atoms with van der Waals surface area (Å²) in [5.74, 6) is 0.371. The number of benzene rings is 1. The van der Waals surface area contributed by atoms with E-state index in [0.29, 0.717) is 18.1 Å². The van der Waals surface area contributed by atoms with Crippen LogP contribution in [0, 0.1) is 11.3 Å². The third-order valence-corrected chi connectivity index (χ3v) is 2.18. The van der Waals surface area contributed by atoms with Gasteiger partial charge < -0.3 is 15.8 Å². The fraction of sp³-hybridized carbons (Fsp3) is 0.167. The van der Waals surface area contributed by atoms with Crippen molar-refractivity contribution in [1.82, 2.24) is 15.0 Å². The molecule has 0 fully saturated rings. The van der Waals surface area contributed by atoms with Gasteiger partial charge in [-0.05, 0) is 31.2 Å². The number of anilines is 3. The van der Waals surface area contributed by atoms with Crippen molar-refractivity contribution in [2.45, 2.75) is 6.92 Å². The monoisotopic (exact) mass is 256 g/mol. The van der Waals surface area contributed by atoms with Crippen LogP contribution in [0.1, 0.15) is 12.5 Å². The summed E-state index contributed by atoms with van der Waals surface area (Å²) in [4.78, 5) is 11.9. The normalized spacial score (nSPS) is 9.68. The van der Waals surface area contributed by atoms with Crippen LogP contribution in [0.4, 0.5) is 17.6 Å². The minimum atomic E-state index is 0.0783. The zero-order valence-electron chi connectivity index (χ0n) is 10.3. The first-order chi connectivity index (χ1) is 9.21. The lowest BCUT2D eigenvalue weighted by Crippen LogP contribution is -2.06. The van der Waals surface area contributed by atoms with Crippen molar-refractivity contribution in [2.75, 3.05) is 17.7 Å². The van der Waals surface area contributed by atoms with Crippen molar-refractivity contribution >= 4 is 17.6 Å². The minimum absolute atomic E-state index is 0.0783. The third-order valence-electron chi connectivity index (χ3n) is 2.18. The number of aromatic nitrogens is 3. The molecule has 0 saturated heterocycles. The minimum Gasteiger partial charge on any atom is -0.464 e. The van der Waals surface area contributed by atoms with Crippen LogP contribution in [0.15, 0.2) is 24.3 Å². The van der Waals surface area contributed by atoms with E-state index in [1.807, 2.05) is 13.0 Å². The number of nitrogens with one attached hydrogen (secondary N) is 1. The van der Waals surface area contributed by atoms with E-state index in [1.54, 1.807) is 24.3 Å². The zero-order valence-corrected chi connectivity index (χ0v) is 10.3. The fourth-order valence-corrected chi connectivity index (χ4v) is 1.38. The van der Waals surface area contributed by atoms with Gasteiger partial charge in [0.05, 0.1) is 18.2 Å². The lowest BCUT2D eigenvalue weighted by Gasteiger charge is -2.07. The Kier molecular flexibility index (Phi) is 3.73. The average molecular weight is 256 g/mol. The van der Waals surface area contributed by atoms with Crippen LogP contribution < -0.4 is 15.8 Å². The molecule has 1 aromatic carbocycles. The van der Waals surface area contributed by atoms with Gasteiger partial charge in [-0.3, -0.25) is 0 Å². The maximum absolute atomic E-state index is 8.71. The maximum Gasteiger partial charge on any atom is 0.323 e. The van der Waals surface area contributed by atoms with E-state index in [4.69, 9.17) is 15.7 Å². The smallest absolute Gasteiger partial charge is 0.323 e. The molecule has 19 heavy (non-hydrogen) atoms. The van der Waals surface area contributed by atoms with Gasteiger partial charge in [-0.25, -0.2) is 0 Å². The highest BCUT2D eigenvalue weighted by atomic mass is 16.5. The lowest BCUT2D eigenvalue weighted by molar-refractivity contribution is 0.312. The maximum atomic E-state index is 8.71. The van der Waals surface area contributed by atoms with Gasteiger partial charge in [0.25, 0.3) is 0 Å². The van der Waals surface area contributed by atoms with Crippen LogP contribution in [0.3, 0.4) is 0 Å². The second-order valence-corrected chi connectivity index (χ2v) is 3.55. The van der Waals surface area contributed by atoms with Crippen molar-refractivity contribution in [1.29, 1.82) is 5.26 Å². The molecule has 0 aliphatic heterocycles. The third kappa shape index (κ3) is 3.29. The molecule has 0 aliphatic carbocycles. The molecular weight excluding hydrogens is 244 g/mol. The van der Waals surface area contributed by atoms with E-state index in [0.717, 1.165) is 5.69 Å². The zero-order chi connectivity index (χ0) is 13.7. The standard InChI is InChI=1S/C12H12N6O/c1-2-19-12-17-10(14)16-11(18-12)15-9-5-3-8(7-13)4-6-9/h3-6H,2H2,1H3,(H3,14,15,16,17,18). The summed E-state index contributed by atoms with van der Waals surface area (Å²) in [5.41, 5.74) is 6.89. The molecule has 2 rings (SSSR count). The topological polar surface area (TPSA) is 110 Å². The van der Waals surface area contributed by atoms with Gasteiger partial charge in [0, 0.05) is 5.69 Å². The van der Waals surface area contributed by atoms with Crippen LogP contribution in [-0.2, 0) is 0 Å². The Bertz CT molecular complexity index is 605. The molecule has 0 spiro atoms. The SMILES string of the molecule is CCOc1nc(N)nc(Nc2ccc(C#N)cc2)n1. The number of ether oxygens (including phenoxy) is 1.